The molecule has 5 rings (SSSR count). The minimum atomic E-state index is -4.64. The third-order valence-corrected chi connectivity index (χ3v) is 14.8. The zero-order valence-electron chi connectivity index (χ0n) is 39.5. The molecule has 23 heteroatoms. The lowest BCUT2D eigenvalue weighted by molar-refractivity contribution is -0.438. The molecule has 0 bridgehead atoms. The Labute approximate surface area is 404 Å². The molecular formula is C46H64N3O17S3+. The maximum Gasteiger partial charge on any atom is 0.333 e. The molecular weight excluding hydrogens is 963 g/mol. The molecule has 0 aliphatic carbocycles. The van der Waals surface area contributed by atoms with Gasteiger partial charge in [-0.25, -0.2) is 4.79 Å². The van der Waals surface area contributed by atoms with Crippen LogP contribution in [0.25, 0.3) is 0 Å². The fourth-order valence-electron chi connectivity index (χ4n) is 8.82. The third-order valence-electron chi connectivity index (χ3n) is 12.3. The van der Waals surface area contributed by atoms with Crippen LogP contribution >= 0.6 is 0 Å². The van der Waals surface area contributed by atoms with Crippen LogP contribution in [-0.2, 0) is 64.9 Å². The van der Waals surface area contributed by atoms with Crippen LogP contribution in [0.15, 0.2) is 81.7 Å². The van der Waals surface area contributed by atoms with Gasteiger partial charge in [0, 0.05) is 79.7 Å². The maximum absolute atomic E-state index is 12.6. The van der Waals surface area contributed by atoms with E-state index in [1.54, 1.807) is 19.2 Å². The molecule has 0 spiro atoms. The summed E-state index contributed by atoms with van der Waals surface area (Å²) < 4.78 is 128. The average Bonchev–Trinajstić information content (AvgIpc) is 3.80. The first-order valence-electron chi connectivity index (χ1n) is 22.5. The van der Waals surface area contributed by atoms with Gasteiger partial charge in [0.15, 0.2) is 5.71 Å². The van der Waals surface area contributed by atoms with Crippen molar-refractivity contribution in [1.82, 2.24) is 4.73 Å². The first kappa shape index (κ1) is 55.2. The van der Waals surface area contributed by atoms with Crippen molar-refractivity contribution in [2.75, 3.05) is 77.1 Å². The summed E-state index contributed by atoms with van der Waals surface area (Å²) in [4.78, 5) is 19.0. The van der Waals surface area contributed by atoms with Crippen molar-refractivity contribution >= 4 is 53.4 Å². The van der Waals surface area contributed by atoms with Crippen LogP contribution in [0.2, 0.25) is 0 Å². The molecule has 5 N–H and O–H groups in total. The highest BCUT2D eigenvalue weighted by atomic mass is 32.2. The SMILES string of the molecule is CCN1C(=CC(C)=CC2=[N+](CCCCCC(=O)On3c(O)ccc3O)c3ccc(S(=O)(=O)O)cc3C2(C)CCOCCOCCOCCOC)C(C)(CCCS(=O)(=O)O)c2cc(S(=O)(=O)O)ccc21. The van der Waals surface area contributed by atoms with Gasteiger partial charge >= 0.3 is 5.97 Å². The predicted molar refractivity (Wildman–Crippen MR) is 254 cm³/mol. The van der Waals surface area contributed by atoms with E-state index in [-0.39, 0.29) is 48.9 Å². The molecule has 0 fully saturated rings. The summed E-state index contributed by atoms with van der Waals surface area (Å²) in [5.41, 5.74) is 2.62. The van der Waals surface area contributed by atoms with E-state index in [0.29, 0.717) is 104 Å². The lowest BCUT2D eigenvalue weighted by Gasteiger charge is -2.30. The zero-order valence-corrected chi connectivity index (χ0v) is 41.9. The maximum atomic E-state index is 12.6. The molecule has 2 aliphatic heterocycles. The third kappa shape index (κ3) is 14.0. The summed E-state index contributed by atoms with van der Waals surface area (Å²) >= 11 is 0. The molecule has 382 valence electrons. The van der Waals surface area contributed by atoms with E-state index in [2.05, 4.69) is 4.58 Å². The zero-order chi connectivity index (χ0) is 50.8. The van der Waals surface area contributed by atoms with Gasteiger partial charge in [-0.1, -0.05) is 0 Å². The van der Waals surface area contributed by atoms with Crippen LogP contribution in [0.5, 0.6) is 11.8 Å². The van der Waals surface area contributed by atoms with Crippen LogP contribution in [0.4, 0.5) is 11.4 Å². The first-order valence-corrected chi connectivity index (χ1v) is 27.0. The molecule has 3 aromatic rings. The Balaban J connectivity index is 1.53. The van der Waals surface area contributed by atoms with Gasteiger partial charge in [0.25, 0.3) is 30.4 Å². The van der Waals surface area contributed by atoms with Crippen LogP contribution in [0.1, 0.15) is 83.8 Å². The van der Waals surface area contributed by atoms with Gasteiger partial charge in [-0.2, -0.15) is 29.8 Å². The van der Waals surface area contributed by atoms with Crippen molar-refractivity contribution in [1.29, 1.82) is 0 Å². The monoisotopic (exact) mass is 1030 g/mol. The number of rotatable bonds is 28. The normalized spacial score (nSPS) is 19.2. The predicted octanol–water partition coefficient (Wildman–Crippen LogP) is 5.35. The summed E-state index contributed by atoms with van der Waals surface area (Å²) in [5, 5.41) is 19.8. The number of methoxy groups -OCH3 is 1. The lowest BCUT2D eigenvalue weighted by atomic mass is 9.75. The quantitative estimate of drug-likeness (QED) is 0.0348. The molecule has 0 saturated heterocycles. The number of hydrogen-bond donors (Lipinski definition) is 5. The fraction of sp³-hybridized carbons (Fsp3) is 0.522. The van der Waals surface area contributed by atoms with Gasteiger partial charge in [-0.3, -0.25) is 13.7 Å². The van der Waals surface area contributed by atoms with E-state index < -0.39 is 64.7 Å². The van der Waals surface area contributed by atoms with Crippen molar-refractivity contribution in [2.24, 2.45) is 0 Å². The number of anilines is 1. The molecule has 0 radical (unpaired) electrons. The van der Waals surface area contributed by atoms with E-state index >= 15 is 0 Å². The van der Waals surface area contributed by atoms with Crippen LogP contribution < -0.4 is 9.74 Å². The topological polar surface area (TPSA) is 278 Å². The van der Waals surface area contributed by atoms with E-state index in [1.165, 1.54) is 36.4 Å². The Morgan fingerprint density at radius 3 is 1.88 bits per heavy atom. The van der Waals surface area contributed by atoms with E-state index in [1.807, 2.05) is 44.7 Å². The number of carbonyl (C=O) groups is 1. The molecule has 2 unspecified atom stereocenters. The summed E-state index contributed by atoms with van der Waals surface area (Å²) in [6.45, 7) is 10.8. The summed E-state index contributed by atoms with van der Waals surface area (Å²) in [5.74, 6) is -2.11. The number of aromatic hydroxyl groups is 2. The van der Waals surface area contributed by atoms with Crippen LogP contribution in [-0.4, -0.2) is 142 Å². The smallest absolute Gasteiger partial charge is 0.333 e. The van der Waals surface area contributed by atoms with Crippen molar-refractivity contribution in [2.45, 2.75) is 93.3 Å². The van der Waals surface area contributed by atoms with Gasteiger partial charge in [-0.05, 0) is 107 Å². The molecule has 2 atom stereocenters. The summed E-state index contributed by atoms with van der Waals surface area (Å²) in [6, 6.07) is 11.0. The second-order valence-electron chi connectivity index (χ2n) is 17.3. The van der Waals surface area contributed by atoms with Gasteiger partial charge in [0.2, 0.25) is 17.4 Å². The number of allylic oxidation sites excluding steroid dienone is 4. The summed E-state index contributed by atoms with van der Waals surface area (Å²) in [6.07, 6.45) is 5.81. The molecule has 20 nitrogen and oxygen atoms in total. The highest BCUT2D eigenvalue weighted by molar-refractivity contribution is 7.86. The van der Waals surface area contributed by atoms with Gasteiger partial charge < -0.3 is 38.9 Å². The number of benzene rings is 2. The standard InChI is InChI=1S/C46H63N3O17S3/c1-6-47-38-14-12-34(68(56,57)58)31-36(38)45(3,18-10-28-67(53,54)55)40(47)29-33(2)30-41-46(4,19-21-63-24-25-65-27-26-64-23-22-62-5)37-32-35(69(59,60)61)13-15-39(37)48(41)20-9-7-8-11-44(52)66-49-42(50)16-17-43(49)51/h12-17,29-32H,6-11,18-28H2,1-5H3,(H4-,50,51,53,54,55,56,57,58,59,60,61)/p+1. The van der Waals surface area contributed by atoms with Crippen molar-refractivity contribution in [3.05, 3.63) is 83.1 Å². The number of aromatic nitrogens is 1. The van der Waals surface area contributed by atoms with E-state index in [4.69, 9.17) is 23.8 Å². The van der Waals surface area contributed by atoms with Gasteiger partial charge in [-0.15, -0.1) is 4.73 Å². The summed E-state index contributed by atoms with van der Waals surface area (Å²) in [7, 11) is -12.0. The van der Waals surface area contributed by atoms with Crippen molar-refractivity contribution in [3.8, 4) is 11.8 Å². The van der Waals surface area contributed by atoms with E-state index in [0.717, 1.165) is 5.71 Å². The molecule has 2 aliphatic rings. The number of hydrogen-bond acceptors (Lipinski definition) is 15. The average molecular weight is 1030 g/mol. The molecule has 2 aromatic carbocycles. The Bertz CT molecular complexity index is 2730. The second-order valence-corrected chi connectivity index (χ2v) is 21.7. The van der Waals surface area contributed by atoms with Gasteiger partial charge in [0.1, 0.15) is 6.54 Å². The number of unbranched alkanes of at least 4 members (excludes halogenated alkanes) is 2. The Morgan fingerprint density at radius 1 is 0.725 bits per heavy atom. The minimum Gasteiger partial charge on any atom is -0.492 e. The number of carbonyl (C=O) groups excluding carboxylic acids is 1. The Kier molecular flexibility index (Phi) is 18.8. The van der Waals surface area contributed by atoms with E-state index in [9.17, 15) is 53.9 Å². The van der Waals surface area contributed by atoms with Crippen molar-refractivity contribution in [3.63, 3.8) is 0 Å². The Hall–Kier alpha value is -4.69. The van der Waals surface area contributed by atoms with Crippen molar-refractivity contribution < 1.29 is 82.3 Å². The van der Waals surface area contributed by atoms with Gasteiger partial charge in [0.05, 0.1) is 60.6 Å². The fourth-order valence-corrected chi connectivity index (χ4v) is 10.3. The molecule has 1 aromatic heterocycles. The number of ether oxygens (including phenoxy) is 4. The molecule has 69 heavy (non-hydrogen) atoms. The van der Waals surface area contributed by atoms with Crippen LogP contribution in [0, 0.1) is 0 Å². The molecule has 3 heterocycles. The highest BCUT2D eigenvalue weighted by Crippen LogP contribution is 2.52. The minimum absolute atomic E-state index is 0.0133. The highest BCUT2D eigenvalue weighted by Gasteiger charge is 2.49. The Morgan fingerprint density at radius 2 is 1.30 bits per heavy atom. The van der Waals surface area contributed by atoms with Crippen LogP contribution in [0.3, 0.4) is 0 Å². The number of nitrogens with zero attached hydrogens (tertiary/aromatic N) is 3. The number of fused-ring (bicyclic) bond motifs is 2. The largest absolute Gasteiger partial charge is 0.492 e. The second kappa shape index (κ2) is 23.5. The first-order chi connectivity index (χ1) is 32.4. The lowest BCUT2D eigenvalue weighted by Crippen LogP contribution is -2.33. The number of likely N-dealkylation sites (N-methyl/N-ethyl adjacent to an activating group) is 1. The molecule has 0 amide bonds. The molecule has 0 saturated carbocycles.